The molecule has 1 nitrogen and oxygen atoms in total. The van der Waals surface area contributed by atoms with Gasteiger partial charge in [-0.05, 0) is 85.0 Å². The number of nitrogens with one attached hydrogen (secondary N) is 1. The van der Waals surface area contributed by atoms with Crippen LogP contribution in [-0.2, 0) is 0 Å². The van der Waals surface area contributed by atoms with E-state index in [4.69, 9.17) is 5.41 Å². The molecule has 23 heavy (non-hydrogen) atoms. The molecule has 0 spiro atoms. The van der Waals surface area contributed by atoms with Gasteiger partial charge < -0.3 is 5.41 Å². The Morgan fingerprint density at radius 1 is 1.13 bits per heavy atom. The maximum absolute atomic E-state index is 14.4. The molecule has 1 N–H and O–H groups in total. The van der Waals surface area contributed by atoms with Gasteiger partial charge in [0.05, 0.1) is 0 Å². The number of hydrogen-bond donors (Lipinski definition) is 1. The van der Waals surface area contributed by atoms with Gasteiger partial charge in [0, 0.05) is 5.71 Å². The average molecular weight is 315 g/mol. The second-order valence-electron chi connectivity index (χ2n) is 9.29. The maximum Gasteiger partial charge on any atom is 0.122 e. The van der Waals surface area contributed by atoms with Gasteiger partial charge in [0.1, 0.15) is 6.17 Å². The summed E-state index contributed by atoms with van der Waals surface area (Å²) in [5, 5.41) is 8.12. The number of hydrogen-bond acceptors (Lipinski definition) is 1. The Morgan fingerprint density at radius 3 is 2.61 bits per heavy atom. The second-order valence-corrected chi connectivity index (χ2v) is 9.29. The lowest BCUT2D eigenvalue weighted by atomic mass is 9.44. The first kappa shape index (κ1) is 15.6. The van der Waals surface area contributed by atoms with E-state index in [1.807, 2.05) is 0 Å². The van der Waals surface area contributed by atoms with Gasteiger partial charge in [-0.1, -0.05) is 32.6 Å². The van der Waals surface area contributed by atoms with Crippen LogP contribution in [0.2, 0.25) is 0 Å². The molecule has 0 bridgehead atoms. The molecule has 0 amide bonds. The van der Waals surface area contributed by atoms with Crippen LogP contribution in [0.4, 0.5) is 4.39 Å². The van der Waals surface area contributed by atoms with Crippen LogP contribution in [0.15, 0.2) is 24.3 Å². The van der Waals surface area contributed by atoms with E-state index in [2.05, 4.69) is 27.0 Å². The minimum absolute atomic E-state index is 0.00539. The minimum atomic E-state index is -0.804. The van der Waals surface area contributed by atoms with Crippen LogP contribution in [0.3, 0.4) is 0 Å². The normalized spacial score (nSPS) is 52.8. The fourth-order valence-corrected chi connectivity index (χ4v) is 6.94. The highest BCUT2D eigenvalue weighted by Crippen LogP contribution is 2.67. The van der Waals surface area contributed by atoms with Gasteiger partial charge >= 0.3 is 0 Å². The Morgan fingerprint density at radius 2 is 1.87 bits per heavy atom. The van der Waals surface area contributed by atoms with Gasteiger partial charge in [0.25, 0.3) is 0 Å². The monoisotopic (exact) mass is 315 g/mol. The Bertz CT molecular complexity index is 593. The summed E-state index contributed by atoms with van der Waals surface area (Å²) in [4.78, 5) is 0. The summed E-state index contributed by atoms with van der Waals surface area (Å²) < 4.78 is 14.4. The molecule has 0 aliphatic heterocycles. The molecular weight excluding hydrogens is 285 g/mol. The molecule has 126 valence electrons. The number of fused-ring (bicyclic) bond motifs is 5. The van der Waals surface area contributed by atoms with Crippen molar-refractivity contribution in [1.82, 2.24) is 0 Å². The van der Waals surface area contributed by atoms with E-state index in [1.165, 1.54) is 12.0 Å². The third kappa shape index (κ3) is 1.93. The predicted octanol–water partition coefficient (Wildman–Crippen LogP) is 5.72. The van der Waals surface area contributed by atoms with Crippen molar-refractivity contribution in [1.29, 1.82) is 5.41 Å². The summed E-state index contributed by atoms with van der Waals surface area (Å²) in [5.41, 5.74) is 3.40. The molecule has 5 unspecified atom stereocenters. The smallest absolute Gasteiger partial charge is 0.122 e. The SMILES string of the molecule is C=C1CC2C(CC[C@]3(C)C(=C)C(F)CC23)[C@@]2(C)CCC(=N)CC12. The summed E-state index contributed by atoms with van der Waals surface area (Å²) >= 11 is 0. The fraction of sp³-hybridized carbons (Fsp3) is 0.762. The van der Waals surface area contributed by atoms with Crippen molar-refractivity contribution in [3.8, 4) is 0 Å². The summed E-state index contributed by atoms with van der Waals surface area (Å²) in [7, 11) is 0. The number of halogens is 1. The zero-order chi connectivity index (χ0) is 16.6. The van der Waals surface area contributed by atoms with Gasteiger partial charge in [-0.3, -0.25) is 0 Å². The summed E-state index contributed by atoms with van der Waals surface area (Å²) in [6.07, 6.45) is 6.23. The van der Waals surface area contributed by atoms with Gasteiger partial charge in [-0.2, -0.15) is 0 Å². The van der Waals surface area contributed by atoms with E-state index in [0.29, 0.717) is 30.1 Å². The van der Waals surface area contributed by atoms with Gasteiger partial charge in [0.2, 0.25) is 0 Å². The van der Waals surface area contributed by atoms with Crippen LogP contribution in [0.1, 0.15) is 58.8 Å². The van der Waals surface area contributed by atoms with Crippen molar-refractivity contribution < 1.29 is 4.39 Å². The molecule has 0 aromatic rings. The zero-order valence-corrected chi connectivity index (χ0v) is 14.6. The molecule has 4 aliphatic rings. The van der Waals surface area contributed by atoms with Gasteiger partial charge in [0.15, 0.2) is 0 Å². The highest BCUT2D eigenvalue weighted by Gasteiger charge is 2.61. The fourth-order valence-electron chi connectivity index (χ4n) is 6.94. The summed E-state index contributed by atoms with van der Waals surface area (Å²) in [5.74, 6) is 2.19. The van der Waals surface area contributed by atoms with Crippen molar-refractivity contribution in [2.24, 2.45) is 34.5 Å². The van der Waals surface area contributed by atoms with Crippen LogP contribution in [0.5, 0.6) is 0 Å². The van der Waals surface area contributed by atoms with Crippen molar-refractivity contribution in [2.75, 3.05) is 0 Å². The van der Waals surface area contributed by atoms with Crippen molar-refractivity contribution in [3.63, 3.8) is 0 Å². The van der Waals surface area contributed by atoms with Crippen LogP contribution < -0.4 is 0 Å². The lowest BCUT2D eigenvalue weighted by Gasteiger charge is -2.60. The zero-order valence-electron chi connectivity index (χ0n) is 14.6. The highest BCUT2D eigenvalue weighted by molar-refractivity contribution is 5.83. The lowest BCUT2D eigenvalue weighted by Crippen LogP contribution is -2.53. The van der Waals surface area contributed by atoms with Crippen LogP contribution >= 0.6 is 0 Å². The molecule has 0 aromatic carbocycles. The van der Waals surface area contributed by atoms with Gasteiger partial charge in [-0.25, -0.2) is 4.39 Å². The van der Waals surface area contributed by atoms with Crippen LogP contribution in [0.25, 0.3) is 0 Å². The highest BCUT2D eigenvalue weighted by atomic mass is 19.1. The Hall–Kier alpha value is -0.920. The molecule has 0 aromatic heterocycles. The Kier molecular flexibility index (Phi) is 3.26. The summed E-state index contributed by atoms with van der Waals surface area (Å²) in [6, 6.07) is 0. The number of allylic oxidation sites excluding steroid dienone is 2. The molecule has 4 fully saturated rings. The van der Waals surface area contributed by atoms with E-state index < -0.39 is 6.17 Å². The average Bonchev–Trinajstić information content (AvgIpc) is 2.73. The van der Waals surface area contributed by atoms with Crippen LogP contribution in [-0.4, -0.2) is 11.9 Å². The first-order valence-corrected chi connectivity index (χ1v) is 9.34. The third-order valence-corrected chi connectivity index (χ3v) is 8.45. The van der Waals surface area contributed by atoms with Crippen LogP contribution in [0, 0.1) is 39.9 Å². The largest absolute Gasteiger partial charge is 0.310 e. The molecule has 7 atom stereocenters. The van der Waals surface area contributed by atoms with Crippen molar-refractivity contribution >= 4 is 5.71 Å². The first-order valence-electron chi connectivity index (χ1n) is 9.34. The van der Waals surface area contributed by atoms with E-state index in [-0.39, 0.29) is 10.8 Å². The molecule has 4 saturated carbocycles. The molecule has 0 heterocycles. The third-order valence-electron chi connectivity index (χ3n) is 8.45. The molecule has 0 radical (unpaired) electrons. The van der Waals surface area contributed by atoms with E-state index >= 15 is 0 Å². The molecule has 4 aliphatic carbocycles. The van der Waals surface area contributed by atoms with Crippen molar-refractivity contribution in [3.05, 3.63) is 24.3 Å². The predicted molar refractivity (Wildman–Crippen MR) is 93.4 cm³/mol. The van der Waals surface area contributed by atoms with E-state index in [0.717, 1.165) is 43.4 Å². The summed E-state index contributed by atoms with van der Waals surface area (Å²) in [6.45, 7) is 13.3. The lowest BCUT2D eigenvalue weighted by molar-refractivity contribution is -0.0625. The standard InChI is InChI=1S/C21H30FN/c1-12-9-15-16(21(4)7-5-14(23)10-17(12)21)6-8-20(3)13(2)19(22)11-18(15)20/h15-19,23H,1-2,5-11H2,3-4H3/t15?,16?,17?,18?,19?,20-,21-/m1/s1. The first-order chi connectivity index (χ1) is 10.8. The Labute approximate surface area is 139 Å². The second kappa shape index (κ2) is 4.80. The van der Waals surface area contributed by atoms with Gasteiger partial charge in [-0.15, -0.1) is 0 Å². The molecule has 2 heteroatoms. The quantitative estimate of drug-likeness (QED) is 0.553. The van der Waals surface area contributed by atoms with E-state index in [1.54, 1.807) is 0 Å². The number of alkyl halides is 1. The maximum atomic E-state index is 14.4. The molecular formula is C21H30FN. The molecule has 0 saturated heterocycles. The van der Waals surface area contributed by atoms with E-state index in [9.17, 15) is 4.39 Å². The minimum Gasteiger partial charge on any atom is -0.310 e. The molecule has 4 rings (SSSR count). The van der Waals surface area contributed by atoms with Crippen molar-refractivity contribution in [2.45, 2.75) is 65.0 Å². The Balaban J connectivity index is 1.71. The number of rotatable bonds is 0. The topological polar surface area (TPSA) is 23.9 Å².